The maximum atomic E-state index is 5.89. The molecule has 0 amide bonds. The summed E-state index contributed by atoms with van der Waals surface area (Å²) in [6.45, 7) is 7.33. The molecule has 1 unspecified atom stereocenters. The maximum Gasteiger partial charge on any atom is 0.143 e. The Bertz CT molecular complexity index is 475. The second kappa shape index (κ2) is 6.54. The summed E-state index contributed by atoms with van der Waals surface area (Å²) in [4.78, 5) is 4.97. The highest BCUT2D eigenvalue weighted by Crippen LogP contribution is 2.30. The molecule has 3 rings (SSSR count). The lowest BCUT2D eigenvalue weighted by Gasteiger charge is -2.29. The number of ether oxygens (including phenoxy) is 2. The van der Waals surface area contributed by atoms with Gasteiger partial charge in [-0.1, -0.05) is 0 Å². The summed E-state index contributed by atoms with van der Waals surface area (Å²) < 4.78 is 10.7. The van der Waals surface area contributed by atoms with Crippen LogP contribution in [-0.2, 0) is 4.74 Å². The molecule has 0 aromatic heterocycles. The zero-order valence-electron chi connectivity index (χ0n) is 12.8. The van der Waals surface area contributed by atoms with E-state index in [1.54, 1.807) is 7.11 Å². The average molecular weight is 291 g/mol. The molecule has 1 aromatic carbocycles. The first kappa shape index (κ1) is 14.5. The molecule has 5 heteroatoms. The van der Waals surface area contributed by atoms with Crippen molar-refractivity contribution in [2.75, 3.05) is 63.7 Å². The number of hydrogen-bond donors (Lipinski definition) is 1. The van der Waals surface area contributed by atoms with Crippen molar-refractivity contribution in [2.24, 2.45) is 5.92 Å². The van der Waals surface area contributed by atoms with Crippen molar-refractivity contribution in [3.05, 3.63) is 18.2 Å². The Morgan fingerprint density at radius 1 is 1.29 bits per heavy atom. The lowest BCUT2D eigenvalue weighted by molar-refractivity contribution is 0.0320. The van der Waals surface area contributed by atoms with Gasteiger partial charge in [-0.25, -0.2) is 0 Å². The van der Waals surface area contributed by atoms with Crippen LogP contribution < -0.4 is 15.4 Å². The molecule has 2 N–H and O–H groups in total. The summed E-state index contributed by atoms with van der Waals surface area (Å²) in [5.41, 5.74) is 7.80. The van der Waals surface area contributed by atoms with Crippen LogP contribution in [-0.4, -0.2) is 57.9 Å². The van der Waals surface area contributed by atoms with E-state index >= 15 is 0 Å². The van der Waals surface area contributed by atoms with Crippen LogP contribution in [0.25, 0.3) is 0 Å². The fourth-order valence-electron chi connectivity index (χ4n) is 3.26. The molecule has 0 bridgehead atoms. The van der Waals surface area contributed by atoms with Gasteiger partial charge < -0.3 is 20.1 Å². The topological polar surface area (TPSA) is 51.0 Å². The highest BCUT2D eigenvalue weighted by molar-refractivity contribution is 5.62. The van der Waals surface area contributed by atoms with Crippen LogP contribution in [0.1, 0.15) is 6.42 Å². The van der Waals surface area contributed by atoms with Gasteiger partial charge in [0.2, 0.25) is 0 Å². The predicted molar refractivity (Wildman–Crippen MR) is 85.0 cm³/mol. The van der Waals surface area contributed by atoms with Crippen LogP contribution >= 0.6 is 0 Å². The van der Waals surface area contributed by atoms with Gasteiger partial charge >= 0.3 is 0 Å². The molecular weight excluding hydrogens is 266 g/mol. The van der Waals surface area contributed by atoms with Crippen LogP contribution in [0, 0.1) is 5.92 Å². The molecule has 116 valence electrons. The fourth-order valence-corrected chi connectivity index (χ4v) is 3.26. The lowest BCUT2D eigenvalue weighted by Crippen LogP contribution is -2.39. The van der Waals surface area contributed by atoms with Crippen molar-refractivity contribution in [3.8, 4) is 5.75 Å². The summed E-state index contributed by atoms with van der Waals surface area (Å²) in [5, 5.41) is 0. The van der Waals surface area contributed by atoms with E-state index in [4.69, 9.17) is 15.2 Å². The summed E-state index contributed by atoms with van der Waals surface area (Å²) in [6.07, 6.45) is 1.25. The maximum absolute atomic E-state index is 5.89. The smallest absolute Gasteiger partial charge is 0.143 e. The minimum atomic E-state index is 0.699. The largest absolute Gasteiger partial charge is 0.495 e. The van der Waals surface area contributed by atoms with Gasteiger partial charge in [0.1, 0.15) is 5.75 Å². The van der Waals surface area contributed by atoms with Gasteiger partial charge in [-0.2, -0.15) is 0 Å². The van der Waals surface area contributed by atoms with Crippen molar-refractivity contribution < 1.29 is 9.47 Å². The number of hydrogen-bond acceptors (Lipinski definition) is 5. The minimum absolute atomic E-state index is 0.699. The van der Waals surface area contributed by atoms with Gasteiger partial charge in [0.15, 0.2) is 0 Å². The molecular formula is C16H25N3O2. The number of methoxy groups -OCH3 is 1. The van der Waals surface area contributed by atoms with E-state index in [1.807, 2.05) is 12.1 Å². The van der Waals surface area contributed by atoms with Crippen LogP contribution in [0.5, 0.6) is 5.75 Å². The molecule has 2 fully saturated rings. The van der Waals surface area contributed by atoms with Crippen LogP contribution in [0.2, 0.25) is 0 Å². The Morgan fingerprint density at radius 3 is 2.86 bits per heavy atom. The zero-order valence-corrected chi connectivity index (χ0v) is 12.8. The van der Waals surface area contributed by atoms with Gasteiger partial charge in [-0.05, 0) is 24.5 Å². The standard InChI is InChI=1S/C16H25N3O2/c1-20-16-10-14(2-3-15(16)17)19-5-4-13(12-19)11-18-6-8-21-9-7-18/h2-3,10,13H,4-9,11-12,17H2,1H3. The lowest BCUT2D eigenvalue weighted by atomic mass is 10.1. The van der Waals surface area contributed by atoms with Crippen LogP contribution in [0.3, 0.4) is 0 Å². The number of nitrogen functional groups attached to an aromatic ring is 1. The summed E-state index contributed by atoms with van der Waals surface area (Å²) in [5.74, 6) is 1.51. The molecule has 2 saturated heterocycles. The molecule has 2 aliphatic rings. The Labute approximate surface area is 126 Å². The molecule has 2 aliphatic heterocycles. The van der Waals surface area contributed by atoms with Gasteiger partial charge in [0.05, 0.1) is 26.0 Å². The Morgan fingerprint density at radius 2 is 2.10 bits per heavy atom. The van der Waals surface area contributed by atoms with E-state index in [2.05, 4.69) is 15.9 Å². The number of rotatable bonds is 4. The third-order valence-corrected chi connectivity index (χ3v) is 4.49. The van der Waals surface area contributed by atoms with Crippen LogP contribution in [0.15, 0.2) is 18.2 Å². The second-order valence-electron chi connectivity index (χ2n) is 5.94. The SMILES string of the molecule is COc1cc(N2CCC(CN3CCOCC3)C2)ccc1N. The van der Waals surface area contributed by atoms with Gasteiger partial charge in [0.25, 0.3) is 0 Å². The predicted octanol–water partition coefficient (Wildman–Crippen LogP) is 1.44. The van der Waals surface area contributed by atoms with Crippen molar-refractivity contribution in [1.82, 2.24) is 4.90 Å². The van der Waals surface area contributed by atoms with Crippen molar-refractivity contribution in [2.45, 2.75) is 6.42 Å². The van der Waals surface area contributed by atoms with Crippen molar-refractivity contribution in [1.29, 1.82) is 0 Å². The first-order chi connectivity index (χ1) is 10.3. The van der Waals surface area contributed by atoms with E-state index in [1.165, 1.54) is 18.7 Å². The minimum Gasteiger partial charge on any atom is -0.495 e. The molecule has 2 heterocycles. The Kier molecular flexibility index (Phi) is 4.51. The number of anilines is 2. The summed E-state index contributed by atoms with van der Waals surface area (Å²) in [6, 6.07) is 6.07. The van der Waals surface area contributed by atoms with E-state index in [0.717, 1.165) is 51.1 Å². The first-order valence-electron chi connectivity index (χ1n) is 7.75. The van der Waals surface area contributed by atoms with E-state index in [9.17, 15) is 0 Å². The quantitative estimate of drug-likeness (QED) is 0.851. The van der Waals surface area contributed by atoms with Gasteiger partial charge in [-0.15, -0.1) is 0 Å². The highest BCUT2D eigenvalue weighted by Gasteiger charge is 2.25. The normalized spacial score (nSPS) is 23.5. The molecule has 1 atom stereocenters. The zero-order chi connectivity index (χ0) is 14.7. The number of morpholine rings is 1. The third-order valence-electron chi connectivity index (χ3n) is 4.49. The Balaban J connectivity index is 1.58. The Hall–Kier alpha value is -1.46. The highest BCUT2D eigenvalue weighted by atomic mass is 16.5. The molecule has 0 spiro atoms. The molecule has 0 radical (unpaired) electrons. The molecule has 0 saturated carbocycles. The van der Waals surface area contributed by atoms with Crippen LogP contribution in [0.4, 0.5) is 11.4 Å². The average Bonchev–Trinajstić information content (AvgIpc) is 2.97. The monoisotopic (exact) mass is 291 g/mol. The first-order valence-corrected chi connectivity index (χ1v) is 7.75. The summed E-state index contributed by atoms with van der Waals surface area (Å²) >= 11 is 0. The fraction of sp³-hybridized carbons (Fsp3) is 0.625. The molecule has 1 aromatic rings. The molecule has 5 nitrogen and oxygen atoms in total. The van der Waals surface area contributed by atoms with Gasteiger partial charge in [0, 0.05) is 44.5 Å². The van der Waals surface area contributed by atoms with Gasteiger partial charge in [-0.3, -0.25) is 4.90 Å². The van der Waals surface area contributed by atoms with E-state index < -0.39 is 0 Å². The molecule has 0 aliphatic carbocycles. The van der Waals surface area contributed by atoms with Crippen molar-refractivity contribution >= 4 is 11.4 Å². The molecule has 21 heavy (non-hydrogen) atoms. The number of nitrogens with zero attached hydrogens (tertiary/aromatic N) is 2. The summed E-state index contributed by atoms with van der Waals surface area (Å²) in [7, 11) is 1.67. The van der Waals surface area contributed by atoms with E-state index in [0.29, 0.717) is 5.69 Å². The second-order valence-corrected chi connectivity index (χ2v) is 5.94. The third kappa shape index (κ3) is 3.41. The number of nitrogens with two attached hydrogens (primary N) is 1. The van der Waals surface area contributed by atoms with Crippen molar-refractivity contribution in [3.63, 3.8) is 0 Å². The van der Waals surface area contributed by atoms with E-state index in [-0.39, 0.29) is 0 Å². The number of benzene rings is 1.